The molecule has 19 heavy (non-hydrogen) atoms. The third-order valence-corrected chi connectivity index (χ3v) is 4.38. The standard InChI is InChI=1S/C13H20ClN3OS/c1-13(2,3)11-10(19-16-15-11)12(18)17(8-7-14)9-5-4-6-9/h9H,4-8H2,1-3H3. The van der Waals surface area contributed by atoms with Crippen molar-refractivity contribution in [3.8, 4) is 0 Å². The van der Waals surface area contributed by atoms with Gasteiger partial charge in [-0.05, 0) is 30.8 Å². The first kappa shape index (κ1) is 14.7. The summed E-state index contributed by atoms with van der Waals surface area (Å²) in [6.45, 7) is 6.76. The fraction of sp³-hybridized carbons (Fsp3) is 0.769. The van der Waals surface area contributed by atoms with Crippen LogP contribution in [0.1, 0.15) is 55.4 Å². The van der Waals surface area contributed by atoms with E-state index in [1.165, 1.54) is 18.0 Å². The van der Waals surface area contributed by atoms with Gasteiger partial charge in [-0.25, -0.2) is 0 Å². The first-order valence-electron chi connectivity index (χ1n) is 6.65. The molecule has 1 aromatic heterocycles. The molecular formula is C13H20ClN3OS. The summed E-state index contributed by atoms with van der Waals surface area (Å²) in [6, 6.07) is 0.348. The SMILES string of the molecule is CC(C)(C)c1nnsc1C(=O)N(CCCl)C1CCC1. The van der Waals surface area contributed by atoms with Crippen LogP contribution in [0.2, 0.25) is 0 Å². The number of hydrogen-bond acceptors (Lipinski definition) is 4. The van der Waals surface area contributed by atoms with Crippen LogP contribution in [0.4, 0.5) is 0 Å². The van der Waals surface area contributed by atoms with Gasteiger partial charge in [-0.1, -0.05) is 25.3 Å². The molecule has 1 saturated carbocycles. The molecule has 0 N–H and O–H groups in total. The Bertz CT molecular complexity index is 451. The highest BCUT2D eigenvalue weighted by atomic mass is 35.5. The minimum atomic E-state index is -0.162. The second kappa shape index (κ2) is 5.75. The minimum absolute atomic E-state index is 0.0466. The van der Waals surface area contributed by atoms with Crippen molar-refractivity contribution in [3.63, 3.8) is 0 Å². The van der Waals surface area contributed by atoms with Crippen molar-refractivity contribution in [2.75, 3.05) is 12.4 Å². The van der Waals surface area contributed by atoms with Crippen LogP contribution in [-0.2, 0) is 5.41 Å². The zero-order valence-corrected chi connectivity index (χ0v) is 13.2. The smallest absolute Gasteiger partial charge is 0.267 e. The predicted octanol–water partition coefficient (Wildman–Crippen LogP) is 3.07. The van der Waals surface area contributed by atoms with E-state index in [4.69, 9.17) is 11.6 Å². The second-order valence-corrected chi connectivity index (χ2v) is 7.11. The summed E-state index contributed by atoms with van der Waals surface area (Å²) in [5.74, 6) is 0.518. The molecule has 1 heterocycles. The van der Waals surface area contributed by atoms with Crippen LogP contribution in [0.5, 0.6) is 0 Å². The van der Waals surface area contributed by atoms with E-state index >= 15 is 0 Å². The van der Waals surface area contributed by atoms with Gasteiger partial charge in [0.1, 0.15) is 4.88 Å². The molecule has 0 radical (unpaired) electrons. The number of nitrogens with zero attached hydrogens (tertiary/aromatic N) is 3. The van der Waals surface area contributed by atoms with E-state index in [1.807, 2.05) is 4.90 Å². The maximum absolute atomic E-state index is 12.7. The maximum atomic E-state index is 12.7. The molecule has 0 atom stereocenters. The Morgan fingerprint density at radius 1 is 1.47 bits per heavy atom. The summed E-state index contributed by atoms with van der Waals surface area (Å²) in [7, 11) is 0. The molecule has 1 amide bonds. The van der Waals surface area contributed by atoms with Gasteiger partial charge in [0.15, 0.2) is 0 Å². The zero-order valence-electron chi connectivity index (χ0n) is 11.6. The van der Waals surface area contributed by atoms with Crippen LogP contribution in [0.25, 0.3) is 0 Å². The molecule has 0 aromatic carbocycles. The molecule has 6 heteroatoms. The average Bonchev–Trinajstić information content (AvgIpc) is 2.73. The lowest BCUT2D eigenvalue weighted by Crippen LogP contribution is -2.45. The van der Waals surface area contributed by atoms with E-state index in [9.17, 15) is 4.79 Å². The fourth-order valence-electron chi connectivity index (χ4n) is 2.19. The van der Waals surface area contributed by atoms with E-state index in [0.717, 1.165) is 18.5 Å². The Kier molecular flexibility index (Phi) is 4.46. The maximum Gasteiger partial charge on any atom is 0.267 e. The minimum Gasteiger partial charge on any atom is -0.334 e. The lowest BCUT2D eigenvalue weighted by molar-refractivity contribution is 0.0600. The van der Waals surface area contributed by atoms with Gasteiger partial charge in [0.2, 0.25) is 0 Å². The van der Waals surface area contributed by atoms with Gasteiger partial charge in [-0.15, -0.1) is 16.7 Å². The normalized spacial score (nSPS) is 16.2. The van der Waals surface area contributed by atoms with E-state index in [0.29, 0.717) is 23.3 Å². The Hall–Kier alpha value is -0.680. The van der Waals surface area contributed by atoms with E-state index < -0.39 is 0 Å². The van der Waals surface area contributed by atoms with Gasteiger partial charge in [0.05, 0.1) is 5.69 Å². The van der Waals surface area contributed by atoms with Crippen LogP contribution in [-0.4, -0.2) is 38.9 Å². The molecule has 0 bridgehead atoms. The Morgan fingerprint density at radius 2 is 2.16 bits per heavy atom. The Morgan fingerprint density at radius 3 is 2.63 bits per heavy atom. The van der Waals surface area contributed by atoms with E-state index in [1.54, 1.807) is 0 Å². The molecule has 1 fully saturated rings. The first-order chi connectivity index (χ1) is 8.95. The molecule has 106 valence electrons. The van der Waals surface area contributed by atoms with Crippen LogP contribution in [0.3, 0.4) is 0 Å². The van der Waals surface area contributed by atoms with Gasteiger partial charge in [-0.3, -0.25) is 4.79 Å². The van der Waals surface area contributed by atoms with E-state index in [2.05, 4.69) is 30.4 Å². The third kappa shape index (κ3) is 3.08. The lowest BCUT2D eigenvalue weighted by atomic mass is 9.89. The Balaban J connectivity index is 2.24. The summed E-state index contributed by atoms with van der Waals surface area (Å²) in [5, 5.41) is 4.14. The van der Waals surface area contributed by atoms with Crippen LogP contribution >= 0.6 is 23.1 Å². The number of halogens is 1. The first-order valence-corrected chi connectivity index (χ1v) is 7.95. The van der Waals surface area contributed by atoms with Crippen LogP contribution in [0.15, 0.2) is 0 Å². The lowest BCUT2D eigenvalue weighted by Gasteiger charge is -2.37. The molecule has 1 aliphatic carbocycles. The molecule has 0 saturated heterocycles. The number of alkyl halides is 1. The molecule has 1 aromatic rings. The molecule has 0 spiro atoms. The largest absolute Gasteiger partial charge is 0.334 e. The molecule has 2 rings (SSSR count). The number of carbonyl (C=O) groups excluding carboxylic acids is 1. The summed E-state index contributed by atoms with van der Waals surface area (Å²) in [6.07, 6.45) is 3.36. The second-order valence-electron chi connectivity index (χ2n) is 5.97. The number of amides is 1. The third-order valence-electron chi connectivity index (χ3n) is 3.49. The number of hydrogen-bond donors (Lipinski definition) is 0. The monoisotopic (exact) mass is 301 g/mol. The van der Waals surface area contributed by atoms with Crippen molar-refractivity contribution >= 4 is 29.0 Å². The molecule has 0 unspecified atom stereocenters. The van der Waals surface area contributed by atoms with E-state index in [-0.39, 0.29) is 11.3 Å². The van der Waals surface area contributed by atoms with Crippen molar-refractivity contribution < 1.29 is 4.79 Å². The summed E-state index contributed by atoms with van der Waals surface area (Å²) < 4.78 is 3.97. The van der Waals surface area contributed by atoms with Crippen molar-refractivity contribution in [3.05, 3.63) is 10.6 Å². The van der Waals surface area contributed by atoms with Crippen molar-refractivity contribution in [2.24, 2.45) is 0 Å². The number of aromatic nitrogens is 2. The molecule has 1 aliphatic rings. The van der Waals surface area contributed by atoms with Crippen LogP contribution < -0.4 is 0 Å². The Labute approximate surface area is 123 Å². The zero-order chi connectivity index (χ0) is 14.0. The van der Waals surface area contributed by atoms with Gasteiger partial charge < -0.3 is 4.90 Å². The topological polar surface area (TPSA) is 46.1 Å². The summed E-state index contributed by atoms with van der Waals surface area (Å²) >= 11 is 7.03. The van der Waals surface area contributed by atoms with Crippen molar-refractivity contribution in [1.82, 2.24) is 14.5 Å². The van der Waals surface area contributed by atoms with Crippen LogP contribution in [0, 0.1) is 0 Å². The quantitative estimate of drug-likeness (QED) is 0.803. The van der Waals surface area contributed by atoms with Crippen molar-refractivity contribution in [1.29, 1.82) is 0 Å². The highest BCUT2D eigenvalue weighted by Crippen LogP contribution is 2.30. The molecular weight excluding hydrogens is 282 g/mol. The fourth-order valence-corrected chi connectivity index (χ4v) is 3.21. The molecule has 4 nitrogen and oxygen atoms in total. The summed E-state index contributed by atoms with van der Waals surface area (Å²) in [5.41, 5.74) is 0.631. The van der Waals surface area contributed by atoms with Gasteiger partial charge in [0, 0.05) is 23.9 Å². The number of rotatable bonds is 4. The van der Waals surface area contributed by atoms with Gasteiger partial charge >= 0.3 is 0 Å². The summed E-state index contributed by atoms with van der Waals surface area (Å²) in [4.78, 5) is 15.3. The average molecular weight is 302 g/mol. The predicted molar refractivity (Wildman–Crippen MR) is 78.0 cm³/mol. The number of carbonyl (C=O) groups is 1. The van der Waals surface area contributed by atoms with Gasteiger partial charge in [0.25, 0.3) is 5.91 Å². The highest BCUT2D eigenvalue weighted by Gasteiger charge is 2.33. The van der Waals surface area contributed by atoms with Crippen molar-refractivity contribution in [2.45, 2.75) is 51.5 Å². The molecule has 0 aliphatic heterocycles. The van der Waals surface area contributed by atoms with Gasteiger partial charge in [-0.2, -0.15) is 0 Å². The highest BCUT2D eigenvalue weighted by molar-refractivity contribution is 7.08.